The summed E-state index contributed by atoms with van der Waals surface area (Å²) in [6.45, 7) is 1.58. The van der Waals surface area contributed by atoms with Crippen LogP contribution in [0.5, 0.6) is 0 Å². The average molecular weight is 346 g/mol. The molecule has 1 aliphatic heterocycles. The van der Waals surface area contributed by atoms with Gasteiger partial charge in [0.05, 0.1) is 22.7 Å². The minimum absolute atomic E-state index is 0.371. The van der Waals surface area contributed by atoms with Gasteiger partial charge >= 0.3 is 0 Å². The Hall–Kier alpha value is -3.06. The molecule has 0 radical (unpaired) electrons. The van der Waals surface area contributed by atoms with Crippen molar-refractivity contribution >= 4 is 22.5 Å². The van der Waals surface area contributed by atoms with Gasteiger partial charge in [0.25, 0.3) is 0 Å². The average Bonchev–Trinajstić information content (AvgIpc) is 3.12. The maximum absolute atomic E-state index is 5.39. The number of nitrogens with one attached hydrogen (secondary N) is 1. The lowest BCUT2D eigenvalue weighted by Crippen LogP contribution is -2.28. The molecule has 1 fully saturated rings. The van der Waals surface area contributed by atoms with Gasteiger partial charge in [-0.15, -0.1) is 5.10 Å². The molecule has 0 spiro atoms. The summed E-state index contributed by atoms with van der Waals surface area (Å²) in [5.74, 6) is 0.649. The second kappa shape index (κ2) is 6.34. The summed E-state index contributed by atoms with van der Waals surface area (Å²) in [4.78, 5) is 13.2. The van der Waals surface area contributed by atoms with Crippen molar-refractivity contribution in [3.63, 3.8) is 0 Å². The Kier molecular flexibility index (Phi) is 3.71. The molecule has 26 heavy (non-hydrogen) atoms. The third-order valence-electron chi connectivity index (χ3n) is 4.75. The van der Waals surface area contributed by atoms with E-state index in [1.807, 2.05) is 29.0 Å². The lowest BCUT2D eigenvalue weighted by atomic mass is 10.1. The van der Waals surface area contributed by atoms with Crippen molar-refractivity contribution in [3.8, 4) is 11.1 Å². The molecule has 4 aromatic rings. The van der Waals surface area contributed by atoms with Crippen LogP contribution in [0.2, 0.25) is 0 Å². The van der Waals surface area contributed by atoms with E-state index >= 15 is 0 Å². The molecule has 0 saturated carbocycles. The number of nitrogens with zero attached hydrogens (tertiary/aromatic N) is 5. The van der Waals surface area contributed by atoms with Gasteiger partial charge in [0, 0.05) is 43.4 Å². The zero-order valence-corrected chi connectivity index (χ0v) is 14.2. The van der Waals surface area contributed by atoms with E-state index in [4.69, 9.17) is 4.74 Å². The Morgan fingerprint density at radius 3 is 2.73 bits per heavy atom. The van der Waals surface area contributed by atoms with Crippen molar-refractivity contribution in [3.05, 3.63) is 49.1 Å². The van der Waals surface area contributed by atoms with Gasteiger partial charge in [-0.05, 0) is 36.6 Å². The van der Waals surface area contributed by atoms with Crippen LogP contribution in [0.25, 0.3) is 27.7 Å². The molecule has 7 heteroatoms. The molecule has 5 rings (SSSR count). The summed E-state index contributed by atoms with van der Waals surface area (Å²) in [6, 6.07) is 8.52. The van der Waals surface area contributed by atoms with E-state index in [9.17, 15) is 0 Å². The summed E-state index contributed by atoms with van der Waals surface area (Å²) in [7, 11) is 0. The summed E-state index contributed by atoms with van der Waals surface area (Å²) in [6.07, 6.45) is 9.21. The highest BCUT2D eigenvalue weighted by atomic mass is 16.5. The van der Waals surface area contributed by atoms with Crippen molar-refractivity contribution in [1.82, 2.24) is 24.6 Å². The number of rotatable bonds is 3. The predicted octanol–water partition coefficient (Wildman–Crippen LogP) is 2.93. The third-order valence-corrected chi connectivity index (χ3v) is 4.75. The number of aromatic nitrogens is 5. The van der Waals surface area contributed by atoms with Gasteiger partial charge < -0.3 is 10.1 Å². The Bertz CT molecular complexity index is 1070. The minimum atomic E-state index is 0.371. The van der Waals surface area contributed by atoms with Gasteiger partial charge in [0.15, 0.2) is 0 Å². The molecular formula is C19H18N6O. The molecule has 1 aliphatic rings. The van der Waals surface area contributed by atoms with Gasteiger partial charge in [-0.25, -0.2) is 9.50 Å². The van der Waals surface area contributed by atoms with Crippen LogP contribution >= 0.6 is 0 Å². The van der Waals surface area contributed by atoms with E-state index in [1.165, 1.54) is 0 Å². The monoisotopic (exact) mass is 346 g/mol. The quantitative estimate of drug-likeness (QED) is 0.615. The van der Waals surface area contributed by atoms with Crippen LogP contribution in [0.15, 0.2) is 49.1 Å². The van der Waals surface area contributed by atoms with Crippen LogP contribution in [0.3, 0.4) is 0 Å². The van der Waals surface area contributed by atoms with Crippen molar-refractivity contribution in [1.29, 1.82) is 0 Å². The van der Waals surface area contributed by atoms with Crippen molar-refractivity contribution in [2.45, 2.75) is 18.9 Å². The van der Waals surface area contributed by atoms with E-state index in [1.54, 1.807) is 12.4 Å². The molecule has 130 valence electrons. The first-order valence-corrected chi connectivity index (χ1v) is 8.77. The van der Waals surface area contributed by atoms with Crippen molar-refractivity contribution in [2.75, 3.05) is 18.5 Å². The molecule has 1 aromatic carbocycles. The fourth-order valence-corrected chi connectivity index (χ4v) is 3.37. The zero-order chi connectivity index (χ0) is 17.3. The molecule has 0 aliphatic carbocycles. The SMILES string of the molecule is c1cnc2cc(-c3ccn4nc(NC5CCOCC5)ncc34)ccc2n1. The molecule has 0 amide bonds. The largest absolute Gasteiger partial charge is 0.381 e. The summed E-state index contributed by atoms with van der Waals surface area (Å²) >= 11 is 0. The lowest BCUT2D eigenvalue weighted by molar-refractivity contribution is 0.0903. The standard InChI is InChI=1S/C19H18N6O/c1-2-16-17(21-7-6-20-16)11-13(1)15-3-8-25-18(15)12-22-19(24-25)23-14-4-9-26-10-5-14/h1-3,6-8,11-12,14H,4-5,9-10H2,(H,23,24). The number of hydrogen-bond acceptors (Lipinski definition) is 6. The topological polar surface area (TPSA) is 77.2 Å². The molecule has 0 unspecified atom stereocenters. The van der Waals surface area contributed by atoms with E-state index in [-0.39, 0.29) is 0 Å². The molecule has 3 aromatic heterocycles. The number of hydrogen-bond donors (Lipinski definition) is 1. The second-order valence-electron chi connectivity index (χ2n) is 6.43. The van der Waals surface area contributed by atoms with Crippen LogP contribution in [0.4, 0.5) is 5.95 Å². The van der Waals surface area contributed by atoms with E-state index in [0.717, 1.165) is 53.7 Å². The highest BCUT2D eigenvalue weighted by Crippen LogP contribution is 2.27. The normalized spacial score (nSPS) is 15.5. The van der Waals surface area contributed by atoms with Crippen LogP contribution in [0.1, 0.15) is 12.8 Å². The van der Waals surface area contributed by atoms with E-state index in [2.05, 4.69) is 37.5 Å². The number of anilines is 1. The molecule has 0 atom stereocenters. The molecular weight excluding hydrogens is 328 g/mol. The third kappa shape index (κ3) is 2.76. The highest BCUT2D eigenvalue weighted by molar-refractivity contribution is 5.86. The molecule has 7 nitrogen and oxygen atoms in total. The maximum Gasteiger partial charge on any atom is 0.241 e. The first-order chi connectivity index (χ1) is 12.9. The maximum atomic E-state index is 5.39. The zero-order valence-electron chi connectivity index (χ0n) is 14.2. The second-order valence-corrected chi connectivity index (χ2v) is 6.43. The summed E-state index contributed by atoms with van der Waals surface area (Å²) in [5, 5.41) is 8.01. The first kappa shape index (κ1) is 15.2. The number of ether oxygens (including phenoxy) is 1. The highest BCUT2D eigenvalue weighted by Gasteiger charge is 2.15. The predicted molar refractivity (Wildman–Crippen MR) is 99.0 cm³/mol. The van der Waals surface area contributed by atoms with Gasteiger partial charge in [-0.2, -0.15) is 0 Å². The van der Waals surface area contributed by atoms with Gasteiger partial charge in [-0.3, -0.25) is 9.97 Å². The fraction of sp³-hybridized carbons (Fsp3) is 0.263. The summed E-state index contributed by atoms with van der Waals surface area (Å²) < 4.78 is 7.26. The molecule has 0 bridgehead atoms. The van der Waals surface area contributed by atoms with Crippen LogP contribution in [-0.2, 0) is 4.74 Å². The molecule has 4 heterocycles. The number of fused-ring (bicyclic) bond motifs is 2. The Balaban J connectivity index is 1.48. The van der Waals surface area contributed by atoms with E-state index < -0.39 is 0 Å². The smallest absolute Gasteiger partial charge is 0.241 e. The minimum Gasteiger partial charge on any atom is -0.381 e. The van der Waals surface area contributed by atoms with Crippen molar-refractivity contribution in [2.24, 2.45) is 0 Å². The summed E-state index contributed by atoms with van der Waals surface area (Å²) in [5.41, 5.74) is 4.89. The van der Waals surface area contributed by atoms with E-state index in [0.29, 0.717) is 12.0 Å². The fourth-order valence-electron chi connectivity index (χ4n) is 3.37. The van der Waals surface area contributed by atoms with Gasteiger partial charge in [0.1, 0.15) is 0 Å². The van der Waals surface area contributed by atoms with Gasteiger partial charge in [0.2, 0.25) is 5.95 Å². The Morgan fingerprint density at radius 1 is 1.00 bits per heavy atom. The Labute approximate surface area is 150 Å². The number of benzene rings is 1. The first-order valence-electron chi connectivity index (χ1n) is 8.77. The lowest BCUT2D eigenvalue weighted by Gasteiger charge is -2.22. The van der Waals surface area contributed by atoms with Crippen LogP contribution in [0, 0.1) is 0 Å². The van der Waals surface area contributed by atoms with Crippen molar-refractivity contribution < 1.29 is 4.74 Å². The molecule has 1 saturated heterocycles. The van der Waals surface area contributed by atoms with Crippen LogP contribution in [-0.4, -0.2) is 43.8 Å². The van der Waals surface area contributed by atoms with Gasteiger partial charge in [-0.1, -0.05) is 6.07 Å². The molecule has 1 N–H and O–H groups in total. The Morgan fingerprint density at radius 2 is 1.85 bits per heavy atom. The van der Waals surface area contributed by atoms with Crippen LogP contribution < -0.4 is 5.32 Å².